The average Bonchev–Trinajstić information content (AvgIpc) is 2.57. The first kappa shape index (κ1) is 23.3. The van der Waals surface area contributed by atoms with E-state index in [-0.39, 0.29) is 24.0 Å². The Balaban J connectivity index is 0.00000484. The average molecular weight is 459 g/mol. The van der Waals surface area contributed by atoms with Crippen molar-refractivity contribution < 1.29 is 9.47 Å². The normalized spacial score (nSPS) is 18.7. The van der Waals surface area contributed by atoms with Gasteiger partial charge in [0.25, 0.3) is 0 Å². The van der Waals surface area contributed by atoms with E-state index < -0.39 is 0 Å². The Labute approximate surface area is 163 Å². The van der Waals surface area contributed by atoms with E-state index in [2.05, 4.69) is 40.8 Å². The van der Waals surface area contributed by atoms with Gasteiger partial charge in [-0.15, -0.1) is 24.0 Å². The molecular formula is C16H34IN3O2S. The molecule has 0 amide bonds. The zero-order valence-corrected chi connectivity index (χ0v) is 18.0. The standard InChI is InChI=1S/C16H33N3O2S.HI/c1-4-6-9-20-11-12-21-10-7-18-16(17-3)19-8-13-22-15(5-2)14-19;/h15H,4-14H2,1-3H3,(H,17,18);1H. The third-order valence-corrected chi connectivity index (χ3v) is 5.02. The monoisotopic (exact) mass is 459 g/mol. The van der Waals surface area contributed by atoms with Crippen molar-refractivity contribution in [1.82, 2.24) is 10.2 Å². The lowest BCUT2D eigenvalue weighted by Gasteiger charge is -2.34. The second-order valence-electron chi connectivity index (χ2n) is 5.40. The topological polar surface area (TPSA) is 46.1 Å². The van der Waals surface area contributed by atoms with Crippen molar-refractivity contribution in [2.75, 3.05) is 58.9 Å². The Morgan fingerprint density at radius 1 is 1.22 bits per heavy atom. The van der Waals surface area contributed by atoms with Gasteiger partial charge in [-0.05, 0) is 12.8 Å². The van der Waals surface area contributed by atoms with Crippen LogP contribution in [0.3, 0.4) is 0 Å². The highest BCUT2D eigenvalue weighted by molar-refractivity contribution is 14.0. The van der Waals surface area contributed by atoms with Crippen molar-refractivity contribution in [3.8, 4) is 0 Å². The summed E-state index contributed by atoms with van der Waals surface area (Å²) in [6.07, 6.45) is 3.53. The van der Waals surface area contributed by atoms with E-state index >= 15 is 0 Å². The summed E-state index contributed by atoms with van der Waals surface area (Å²) >= 11 is 2.07. The van der Waals surface area contributed by atoms with E-state index in [4.69, 9.17) is 9.47 Å². The second-order valence-corrected chi connectivity index (χ2v) is 6.81. The summed E-state index contributed by atoms with van der Waals surface area (Å²) in [6.45, 7) is 10.3. The van der Waals surface area contributed by atoms with E-state index in [0.29, 0.717) is 19.8 Å². The van der Waals surface area contributed by atoms with E-state index in [1.807, 2.05) is 7.05 Å². The Bertz CT molecular complexity index is 309. The van der Waals surface area contributed by atoms with E-state index in [0.717, 1.165) is 43.9 Å². The summed E-state index contributed by atoms with van der Waals surface area (Å²) < 4.78 is 11.0. The molecular weight excluding hydrogens is 425 g/mol. The number of guanidine groups is 1. The molecule has 0 bridgehead atoms. The highest BCUT2D eigenvalue weighted by Gasteiger charge is 2.21. The summed E-state index contributed by atoms with van der Waals surface area (Å²) in [5.41, 5.74) is 0. The Morgan fingerprint density at radius 2 is 1.96 bits per heavy atom. The SMILES string of the molecule is CCCCOCCOCCNC(=NC)N1CCSC(CC)C1.I. The van der Waals surface area contributed by atoms with Gasteiger partial charge in [0.15, 0.2) is 5.96 Å². The molecule has 0 aliphatic carbocycles. The third-order valence-electron chi connectivity index (χ3n) is 3.65. The van der Waals surface area contributed by atoms with E-state index in [9.17, 15) is 0 Å². The van der Waals surface area contributed by atoms with Crippen molar-refractivity contribution in [3.05, 3.63) is 0 Å². The smallest absolute Gasteiger partial charge is 0.193 e. The highest BCUT2D eigenvalue weighted by Crippen LogP contribution is 2.20. The van der Waals surface area contributed by atoms with Crippen molar-refractivity contribution in [2.45, 2.75) is 38.4 Å². The molecule has 0 aromatic carbocycles. The van der Waals surface area contributed by atoms with Crippen LogP contribution in [-0.4, -0.2) is 75.0 Å². The molecule has 0 aromatic rings. The van der Waals surface area contributed by atoms with E-state index in [1.54, 1.807) is 0 Å². The first-order chi connectivity index (χ1) is 10.8. The lowest BCUT2D eigenvalue weighted by molar-refractivity contribution is 0.0486. The minimum absolute atomic E-state index is 0. The number of ether oxygens (including phenoxy) is 2. The molecule has 0 spiro atoms. The van der Waals surface area contributed by atoms with E-state index in [1.165, 1.54) is 18.6 Å². The van der Waals surface area contributed by atoms with Crippen LogP contribution in [0.2, 0.25) is 0 Å². The predicted octanol–water partition coefficient (Wildman–Crippen LogP) is 2.84. The fourth-order valence-electron chi connectivity index (χ4n) is 2.29. The number of thioether (sulfide) groups is 1. The zero-order chi connectivity index (χ0) is 16.0. The van der Waals surface area contributed by atoms with Crippen LogP contribution in [0.4, 0.5) is 0 Å². The van der Waals surface area contributed by atoms with Crippen LogP contribution >= 0.6 is 35.7 Å². The van der Waals surface area contributed by atoms with Gasteiger partial charge in [-0.25, -0.2) is 0 Å². The summed E-state index contributed by atoms with van der Waals surface area (Å²) in [5, 5.41) is 4.12. The van der Waals surface area contributed by atoms with Gasteiger partial charge in [-0.2, -0.15) is 11.8 Å². The van der Waals surface area contributed by atoms with Gasteiger partial charge in [0.2, 0.25) is 0 Å². The number of nitrogens with one attached hydrogen (secondary N) is 1. The summed E-state index contributed by atoms with van der Waals surface area (Å²) in [7, 11) is 1.85. The van der Waals surface area contributed by atoms with Crippen LogP contribution < -0.4 is 5.32 Å². The molecule has 7 heteroatoms. The quantitative estimate of drug-likeness (QED) is 0.236. The summed E-state index contributed by atoms with van der Waals surface area (Å²) in [5.74, 6) is 2.19. The second kappa shape index (κ2) is 15.8. The van der Waals surface area contributed by atoms with Gasteiger partial charge in [-0.1, -0.05) is 20.3 Å². The fourth-order valence-corrected chi connectivity index (χ4v) is 3.47. The van der Waals surface area contributed by atoms with Crippen molar-refractivity contribution in [3.63, 3.8) is 0 Å². The zero-order valence-electron chi connectivity index (χ0n) is 14.9. The molecule has 1 fully saturated rings. The molecule has 5 nitrogen and oxygen atoms in total. The van der Waals surface area contributed by atoms with Crippen molar-refractivity contribution >= 4 is 41.7 Å². The number of hydrogen-bond acceptors (Lipinski definition) is 4. The molecule has 1 N–H and O–H groups in total. The molecule has 1 unspecified atom stereocenters. The maximum atomic E-state index is 5.57. The van der Waals surface area contributed by atoms with Crippen LogP contribution in [0.5, 0.6) is 0 Å². The third kappa shape index (κ3) is 10.7. The van der Waals surface area contributed by atoms with Crippen molar-refractivity contribution in [1.29, 1.82) is 0 Å². The molecule has 0 saturated carbocycles. The van der Waals surface area contributed by atoms with Gasteiger partial charge in [0.1, 0.15) is 0 Å². The number of rotatable bonds is 10. The maximum Gasteiger partial charge on any atom is 0.193 e. The highest BCUT2D eigenvalue weighted by atomic mass is 127. The lowest BCUT2D eigenvalue weighted by atomic mass is 10.3. The molecule has 1 aliphatic rings. The number of nitrogens with zero attached hydrogens (tertiary/aromatic N) is 2. The van der Waals surface area contributed by atoms with Crippen molar-refractivity contribution in [2.24, 2.45) is 4.99 Å². The molecule has 0 aromatic heterocycles. The molecule has 1 atom stereocenters. The first-order valence-corrected chi connectivity index (χ1v) is 9.59. The van der Waals surface area contributed by atoms with Crippen LogP contribution in [0, 0.1) is 0 Å². The fraction of sp³-hybridized carbons (Fsp3) is 0.938. The molecule has 0 radical (unpaired) electrons. The molecule has 1 aliphatic heterocycles. The van der Waals surface area contributed by atoms with Crippen LogP contribution in [0.15, 0.2) is 4.99 Å². The number of unbranched alkanes of at least 4 members (excludes halogenated alkanes) is 1. The maximum absolute atomic E-state index is 5.57. The van der Waals surface area contributed by atoms with Gasteiger partial charge in [0, 0.05) is 44.3 Å². The molecule has 23 heavy (non-hydrogen) atoms. The van der Waals surface area contributed by atoms with Gasteiger partial charge in [0.05, 0.1) is 19.8 Å². The minimum Gasteiger partial charge on any atom is -0.379 e. The minimum atomic E-state index is 0. The summed E-state index contributed by atoms with van der Waals surface area (Å²) in [4.78, 5) is 6.75. The van der Waals surface area contributed by atoms with Gasteiger partial charge < -0.3 is 19.7 Å². The Hall–Kier alpha value is 0.270. The number of halogens is 1. The van der Waals surface area contributed by atoms with Gasteiger partial charge in [-0.3, -0.25) is 4.99 Å². The largest absolute Gasteiger partial charge is 0.379 e. The number of hydrogen-bond donors (Lipinski definition) is 1. The molecule has 138 valence electrons. The Kier molecular flexibility index (Phi) is 16.0. The summed E-state index contributed by atoms with van der Waals surface area (Å²) in [6, 6.07) is 0. The van der Waals surface area contributed by atoms with Crippen LogP contribution in [-0.2, 0) is 9.47 Å². The number of aliphatic imine (C=N–C) groups is 1. The molecule has 1 rings (SSSR count). The van der Waals surface area contributed by atoms with Crippen LogP contribution in [0.25, 0.3) is 0 Å². The molecule has 1 saturated heterocycles. The lowest BCUT2D eigenvalue weighted by Crippen LogP contribution is -2.48. The first-order valence-electron chi connectivity index (χ1n) is 8.54. The Morgan fingerprint density at radius 3 is 2.61 bits per heavy atom. The van der Waals surface area contributed by atoms with Gasteiger partial charge >= 0.3 is 0 Å². The predicted molar refractivity (Wildman–Crippen MR) is 111 cm³/mol. The molecule has 1 heterocycles. The van der Waals surface area contributed by atoms with Crippen LogP contribution in [0.1, 0.15) is 33.1 Å².